The van der Waals surface area contributed by atoms with E-state index < -0.39 is 0 Å². The topological polar surface area (TPSA) is 12.0 Å². The van der Waals surface area contributed by atoms with Crippen molar-refractivity contribution in [2.75, 3.05) is 5.32 Å². The van der Waals surface area contributed by atoms with E-state index in [1.54, 1.807) is 6.07 Å². The monoisotopic (exact) mass is 307 g/mol. The predicted octanol–water partition coefficient (Wildman–Crippen LogP) is 6.12. The van der Waals surface area contributed by atoms with E-state index in [9.17, 15) is 0 Å². The Hall–Kier alpha value is -1.18. The molecule has 0 fully saturated rings. The second-order valence-electron chi connectivity index (χ2n) is 4.82. The van der Waals surface area contributed by atoms with Gasteiger partial charge in [0.25, 0.3) is 0 Å². The Bertz CT molecular complexity index is 581. The Kier molecular flexibility index (Phi) is 5.33. The summed E-state index contributed by atoms with van der Waals surface area (Å²) in [5.74, 6) is 0. The van der Waals surface area contributed by atoms with Gasteiger partial charge in [-0.05, 0) is 48.2 Å². The van der Waals surface area contributed by atoms with Crippen molar-refractivity contribution in [1.82, 2.24) is 0 Å². The third-order valence-electron chi connectivity index (χ3n) is 3.42. The van der Waals surface area contributed by atoms with Crippen LogP contribution in [0.5, 0.6) is 0 Å². The number of nitrogens with one attached hydrogen (secondary N) is 1. The van der Waals surface area contributed by atoms with E-state index in [-0.39, 0.29) is 6.04 Å². The first-order chi connectivity index (χ1) is 9.63. The standard InChI is InChI=1S/C17H19Cl2N/c1-3-12-6-5-7-14(10-12)20-17(4-2)15-9-8-13(18)11-16(15)19/h5-11,17,20H,3-4H2,1-2H3. The lowest BCUT2D eigenvalue weighted by Gasteiger charge is -2.20. The van der Waals surface area contributed by atoms with Crippen molar-refractivity contribution in [3.8, 4) is 0 Å². The SMILES string of the molecule is CCc1cccc(NC(CC)c2ccc(Cl)cc2Cl)c1. The molecule has 1 N–H and O–H groups in total. The minimum Gasteiger partial charge on any atom is -0.378 e. The highest BCUT2D eigenvalue weighted by Crippen LogP contribution is 2.30. The van der Waals surface area contributed by atoms with Gasteiger partial charge in [0.05, 0.1) is 6.04 Å². The van der Waals surface area contributed by atoms with Gasteiger partial charge in [-0.2, -0.15) is 0 Å². The zero-order chi connectivity index (χ0) is 14.5. The molecule has 0 spiro atoms. The van der Waals surface area contributed by atoms with Crippen molar-refractivity contribution in [2.45, 2.75) is 32.7 Å². The Labute approximate surface area is 130 Å². The molecule has 0 saturated heterocycles. The van der Waals surface area contributed by atoms with Crippen LogP contribution in [0.4, 0.5) is 5.69 Å². The fraction of sp³-hybridized carbons (Fsp3) is 0.294. The minimum atomic E-state index is 0.187. The average Bonchev–Trinajstić information content (AvgIpc) is 2.45. The highest BCUT2D eigenvalue weighted by atomic mass is 35.5. The van der Waals surface area contributed by atoms with Crippen LogP contribution in [-0.2, 0) is 6.42 Å². The lowest BCUT2D eigenvalue weighted by Crippen LogP contribution is -2.10. The summed E-state index contributed by atoms with van der Waals surface area (Å²) in [6.07, 6.45) is 1.99. The fourth-order valence-electron chi connectivity index (χ4n) is 2.27. The molecule has 20 heavy (non-hydrogen) atoms. The lowest BCUT2D eigenvalue weighted by atomic mass is 10.0. The second kappa shape index (κ2) is 7.01. The highest BCUT2D eigenvalue weighted by molar-refractivity contribution is 6.35. The summed E-state index contributed by atoms with van der Waals surface area (Å²) in [6.45, 7) is 4.30. The van der Waals surface area contributed by atoms with Crippen LogP contribution in [0.2, 0.25) is 10.0 Å². The Morgan fingerprint density at radius 2 is 1.85 bits per heavy atom. The Balaban J connectivity index is 2.23. The molecule has 0 aromatic heterocycles. The molecule has 0 aliphatic carbocycles. The van der Waals surface area contributed by atoms with E-state index in [1.807, 2.05) is 12.1 Å². The normalized spacial score (nSPS) is 12.2. The van der Waals surface area contributed by atoms with E-state index in [2.05, 4.69) is 43.4 Å². The molecule has 1 nitrogen and oxygen atoms in total. The maximum Gasteiger partial charge on any atom is 0.0525 e. The first-order valence-electron chi connectivity index (χ1n) is 6.94. The van der Waals surface area contributed by atoms with Crippen LogP contribution in [0.3, 0.4) is 0 Å². The molecule has 0 amide bonds. The summed E-state index contributed by atoms with van der Waals surface area (Å²) in [4.78, 5) is 0. The van der Waals surface area contributed by atoms with Gasteiger partial charge < -0.3 is 5.32 Å². The number of aryl methyl sites for hydroxylation is 1. The smallest absolute Gasteiger partial charge is 0.0525 e. The van der Waals surface area contributed by atoms with Crippen LogP contribution >= 0.6 is 23.2 Å². The molecule has 1 atom stereocenters. The second-order valence-corrected chi connectivity index (χ2v) is 5.67. The molecule has 0 heterocycles. The van der Waals surface area contributed by atoms with Crippen molar-refractivity contribution in [1.29, 1.82) is 0 Å². The molecule has 2 aromatic carbocycles. The fourth-order valence-corrected chi connectivity index (χ4v) is 2.81. The number of benzene rings is 2. The van der Waals surface area contributed by atoms with Crippen molar-refractivity contribution in [2.24, 2.45) is 0 Å². The maximum absolute atomic E-state index is 6.30. The zero-order valence-corrected chi connectivity index (χ0v) is 13.3. The van der Waals surface area contributed by atoms with Crippen LogP contribution in [-0.4, -0.2) is 0 Å². The summed E-state index contributed by atoms with van der Waals surface area (Å²) >= 11 is 12.3. The molecule has 0 aliphatic rings. The van der Waals surface area contributed by atoms with Crippen LogP contribution in [0.15, 0.2) is 42.5 Å². The average molecular weight is 308 g/mol. The summed E-state index contributed by atoms with van der Waals surface area (Å²) in [5, 5.41) is 4.93. The first kappa shape index (κ1) is 15.2. The highest BCUT2D eigenvalue weighted by Gasteiger charge is 2.13. The third kappa shape index (κ3) is 3.68. The number of hydrogen-bond acceptors (Lipinski definition) is 1. The number of rotatable bonds is 5. The van der Waals surface area contributed by atoms with Crippen LogP contribution in [0.25, 0.3) is 0 Å². The van der Waals surface area contributed by atoms with Gasteiger partial charge in [-0.15, -0.1) is 0 Å². The van der Waals surface area contributed by atoms with Gasteiger partial charge in [-0.3, -0.25) is 0 Å². The number of hydrogen-bond donors (Lipinski definition) is 1. The van der Waals surface area contributed by atoms with Crippen molar-refractivity contribution >= 4 is 28.9 Å². The van der Waals surface area contributed by atoms with Crippen LogP contribution < -0.4 is 5.32 Å². The maximum atomic E-state index is 6.30. The molecule has 0 aliphatic heterocycles. The predicted molar refractivity (Wildman–Crippen MR) is 88.9 cm³/mol. The quantitative estimate of drug-likeness (QED) is 0.701. The number of halogens is 2. The Morgan fingerprint density at radius 3 is 2.50 bits per heavy atom. The van der Waals surface area contributed by atoms with E-state index in [1.165, 1.54) is 5.56 Å². The van der Waals surface area contributed by atoms with E-state index in [0.29, 0.717) is 10.0 Å². The van der Waals surface area contributed by atoms with Gasteiger partial charge in [0.15, 0.2) is 0 Å². The molecule has 3 heteroatoms. The molecule has 2 rings (SSSR count). The lowest BCUT2D eigenvalue weighted by molar-refractivity contribution is 0.749. The zero-order valence-electron chi connectivity index (χ0n) is 11.8. The van der Waals surface area contributed by atoms with Gasteiger partial charge in [-0.25, -0.2) is 0 Å². The van der Waals surface area contributed by atoms with Gasteiger partial charge >= 0.3 is 0 Å². The van der Waals surface area contributed by atoms with Crippen LogP contribution in [0.1, 0.15) is 37.4 Å². The summed E-state index contributed by atoms with van der Waals surface area (Å²) in [5.41, 5.74) is 3.54. The van der Waals surface area contributed by atoms with Crippen molar-refractivity contribution < 1.29 is 0 Å². The van der Waals surface area contributed by atoms with Gasteiger partial charge in [-0.1, -0.05) is 55.2 Å². The first-order valence-corrected chi connectivity index (χ1v) is 7.70. The largest absolute Gasteiger partial charge is 0.378 e. The third-order valence-corrected chi connectivity index (χ3v) is 3.98. The van der Waals surface area contributed by atoms with E-state index >= 15 is 0 Å². The van der Waals surface area contributed by atoms with Gasteiger partial charge in [0.1, 0.15) is 0 Å². The molecule has 0 radical (unpaired) electrons. The summed E-state index contributed by atoms with van der Waals surface area (Å²) in [6, 6.07) is 14.4. The molecular weight excluding hydrogens is 289 g/mol. The van der Waals surface area contributed by atoms with E-state index in [4.69, 9.17) is 23.2 Å². The van der Waals surface area contributed by atoms with Crippen molar-refractivity contribution in [3.05, 3.63) is 63.6 Å². The Morgan fingerprint density at radius 1 is 1.05 bits per heavy atom. The van der Waals surface area contributed by atoms with Gasteiger partial charge in [0.2, 0.25) is 0 Å². The summed E-state index contributed by atoms with van der Waals surface area (Å²) < 4.78 is 0. The van der Waals surface area contributed by atoms with Crippen molar-refractivity contribution in [3.63, 3.8) is 0 Å². The molecule has 106 valence electrons. The van der Waals surface area contributed by atoms with Gasteiger partial charge in [0, 0.05) is 15.7 Å². The minimum absolute atomic E-state index is 0.187. The molecule has 0 saturated carbocycles. The molecule has 0 bridgehead atoms. The van der Waals surface area contributed by atoms with E-state index in [0.717, 1.165) is 24.1 Å². The molecular formula is C17H19Cl2N. The van der Waals surface area contributed by atoms with Crippen LogP contribution in [0, 0.1) is 0 Å². The molecule has 1 unspecified atom stereocenters. The summed E-state index contributed by atoms with van der Waals surface area (Å²) in [7, 11) is 0. The number of anilines is 1. The molecule has 2 aromatic rings.